The van der Waals surface area contributed by atoms with Crippen molar-refractivity contribution in [2.45, 2.75) is 51.2 Å². The van der Waals surface area contributed by atoms with Crippen LogP contribution in [0.2, 0.25) is 0 Å². The normalized spacial score (nSPS) is 26.3. The fraction of sp³-hybridized carbons (Fsp3) is 0.737. The zero-order chi connectivity index (χ0) is 16.4. The van der Waals surface area contributed by atoms with Crippen LogP contribution in [0.4, 0.5) is 0 Å². The summed E-state index contributed by atoms with van der Waals surface area (Å²) in [5.41, 5.74) is 0. The van der Waals surface area contributed by atoms with Crippen molar-refractivity contribution in [2.75, 3.05) is 32.8 Å². The molecular weight excluding hydrogens is 320 g/mol. The first-order chi connectivity index (χ1) is 11.8. The van der Waals surface area contributed by atoms with Crippen LogP contribution in [-0.4, -0.2) is 48.5 Å². The lowest BCUT2D eigenvalue weighted by Gasteiger charge is -2.31. The summed E-state index contributed by atoms with van der Waals surface area (Å²) < 4.78 is 5.79. The maximum absolute atomic E-state index is 12.4. The third-order valence-electron chi connectivity index (χ3n) is 5.66. The van der Waals surface area contributed by atoms with Gasteiger partial charge in [-0.1, -0.05) is 6.42 Å². The van der Waals surface area contributed by atoms with Gasteiger partial charge in [-0.05, 0) is 44.2 Å². The molecule has 24 heavy (non-hydrogen) atoms. The predicted molar refractivity (Wildman–Crippen MR) is 96.1 cm³/mol. The minimum Gasteiger partial charge on any atom is -0.373 e. The molecular formula is C19H28N2O2S. The summed E-state index contributed by atoms with van der Waals surface area (Å²) in [7, 11) is 0. The summed E-state index contributed by atoms with van der Waals surface area (Å²) in [5, 5.41) is 0. The lowest BCUT2D eigenvalue weighted by Crippen LogP contribution is -2.41. The van der Waals surface area contributed by atoms with Gasteiger partial charge < -0.3 is 9.64 Å². The van der Waals surface area contributed by atoms with Crippen LogP contribution in [0.1, 0.15) is 54.4 Å². The van der Waals surface area contributed by atoms with E-state index in [1.165, 1.54) is 29.0 Å². The molecule has 1 aromatic heterocycles. The highest BCUT2D eigenvalue weighted by molar-refractivity contribution is 7.12. The van der Waals surface area contributed by atoms with Gasteiger partial charge in [0.2, 0.25) is 5.91 Å². The van der Waals surface area contributed by atoms with Crippen LogP contribution in [0.3, 0.4) is 0 Å². The zero-order valence-corrected chi connectivity index (χ0v) is 15.2. The quantitative estimate of drug-likeness (QED) is 0.836. The number of amides is 1. The molecule has 2 aliphatic heterocycles. The van der Waals surface area contributed by atoms with Crippen molar-refractivity contribution in [3.8, 4) is 0 Å². The highest BCUT2D eigenvalue weighted by atomic mass is 32.1. The molecule has 0 radical (unpaired) electrons. The van der Waals surface area contributed by atoms with Crippen molar-refractivity contribution < 1.29 is 9.53 Å². The van der Waals surface area contributed by atoms with Gasteiger partial charge in [0.1, 0.15) is 0 Å². The van der Waals surface area contributed by atoms with Crippen LogP contribution in [-0.2, 0) is 16.1 Å². The summed E-state index contributed by atoms with van der Waals surface area (Å²) in [6.45, 7) is 5.88. The molecule has 3 heterocycles. The van der Waals surface area contributed by atoms with Crippen molar-refractivity contribution in [1.29, 1.82) is 0 Å². The molecule has 0 unspecified atom stereocenters. The number of thiophene rings is 1. The molecule has 0 N–H and O–H groups in total. The Kier molecular flexibility index (Phi) is 5.20. The van der Waals surface area contributed by atoms with Crippen LogP contribution in [0.5, 0.6) is 0 Å². The molecule has 5 heteroatoms. The molecule has 1 aromatic rings. The van der Waals surface area contributed by atoms with Gasteiger partial charge in [-0.25, -0.2) is 0 Å². The molecule has 4 rings (SSSR count). The number of rotatable bonds is 4. The second kappa shape index (κ2) is 7.54. The average molecular weight is 349 g/mol. The van der Waals surface area contributed by atoms with E-state index in [0.29, 0.717) is 17.9 Å². The Balaban J connectivity index is 1.30. The predicted octanol–water partition coefficient (Wildman–Crippen LogP) is 3.43. The van der Waals surface area contributed by atoms with Crippen LogP contribution in [0.15, 0.2) is 12.1 Å². The van der Waals surface area contributed by atoms with Crippen molar-refractivity contribution >= 4 is 17.2 Å². The summed E-state index contributed by atoms with van der Waals surface area (Å²) in [6.07, 6.45) is 7.25. The first-order valence-electron chi connectivity index (χ1n) is 9.51. The second-order valence-corrected chi connectivity index (χ2v) is 8.59. The number of hydrogen-bond donors (Lipinski definition) is 0. The topological polar surface area (TPSA) is 32.8 Å². The van der Waals surface area contributed by atoms with Gasteiger partial charge in [0.05, 0.1) is 6.10 Å². The molecule has 0 spiro atoms. The van der Waals surface area contributed by atoms with E-state index in [-0.39, 0.29) is 0 Å². The molecule has 4 nitrogen and oxygen atoms in total. The highest BCUT2D eigenvalue weighted by Crippen LogP contribution is 2.34. The summed E-state index contributed by atoms with van der Waals surface area (Å²) in [5.74, 6) is 0.753. The second-order valence-electron chi connectivity index (χ2n) is 7.39. The number of nitrogens with zero attached hydrogens (tertiary/aromatic N) is 2. The maximum atomic E-state index is 12.4. The smallest absolute Gasteiger partial charge is 0.225 e. The third-order valence-corrected chi connectivity index (χ3v) is 6.83. The Morgan fingerprint density at radius 1 is 1.08 bits per heavy atom. The minimum absolute atomic E-state index is 0.336. The van der Waals surface area contributed by atoms with E-state index >= 15 is 0 Å². The van der Waals surface area contributed by atoms with E-state index in [2.05, 4.69) is 21.9 Å². The van der Waals surface area contributed by atoms with Crippen LogP contribution >= 0.6 is 11.3 Å². The van der Waals surface area contributed by atoms with E-state index in [1.54, 1.807) is 0 Å². The van der Waals surface area contributed by atoms with E-state index < -0.39 is 0 Å². The van der Waals surface area contributed by atoms with Crippen LogP contribution in [0, 0.1) is 5.92 Å². The lowest BCUT2D eigenvalue weighted by molar-refractivity contribution is -0.138. The van der Waals surface area contributed by atoms with Crippen molar-refractivity contribution in [2.24, 2.45) is 5.92 Å². The van der Waals surface area contributed by atoms with Crippen molar-refractivity contribution in [1.82, 2.24) is 9.80 Å². The number of carbonyl (C=O) groups excluding carboxylic acids is 1. The highest BCUT2D eigenvalue weighted by Gasteiger charge is 2.30. The van der Waals surface area contributed by atoms with Gasteiger partial charge in [-0.2, -0.15) is 0 Å². The number of ether oxygens (including phenoxy) is 1. The van der Waals surface area contributed by atoms with Gasteiger partial charge in [0, 0.05) is 55.0 Å². The first kappa shape index (κ1) is 16.6. The van der Waals surface area contributed by atoms with Gasteiger partial charge >= 0.3 is 0 Å². The van der Waals surface area contributed by atoms with E-state index in [9.17, 15) is 4.79 Å². The Morgan fingerprint density at radius 3 is 2.75 bits per heavy atom. The first-order valence-corrected chi connectivity index (χ1v) is 10.3. The van der Waals surface area contributed by atoms with Crippen molar-refractivity contribution in [3.63, 3.8) is 0 Å². The number of carbonyl (C=O) groups is 1. The SMILES string of the molecule is O=C(C1CCC1)N1CCCN(Cc2ccc([C@@H]3CCCO3)s2)CC1. The molecule has 0 aromatic carbocycles. The summed E-state index contributed by atoms with van der Waals surface area (Å²) in [4.78, 5) is 19.9. The van der Waals surface area contributed by atoms with Gasteiger partial charge in [0.15, 0.2) is 0 Å². The molecule has 1 atom stereocenters. The lowest BCUT2D eigenvalue weighted by atomic mass is 9.84. The van der Waals surface area contributed by atoms with E-state index in [0.717, 1.165) is 58.6 Å². The third kappa shape index (κ3) is 3.68. The summed E-state index contributed by atoms with van der Waals surface area (Å²) in [6, 6.07) is 4.52. The van der Waals surface area contributed by atoms with Gasteiger partial charge in [-0.15, -0.1) is 11.3 Å². The molecule has 1 saturated carbocycles. The Hall–Kier alpha value is -0.910. The molecule has 1 aliphatic carbocycles. The molecule has 3 aliphatic rings. The standard InChI is InChI=1S/C19H28N2O2S/c22-19(15-4-1-5-15)21-10-3-9-20(11-12-21)14-16-7-8-18(24-16)17-6-2-13-23-17/h7-8,15,17H,1-6,9-14H2/t17-/m0/s1. The Bertz CT molecular complexity index is 563. The van der Waals surface area contributed by atoms with Gasteiger partial charge in [0.25, 0.3) is 0 Å². The average Bonchev–Trinajstić information content (AvgIpc) is 3.14. The largest absolute Gasteiger partial charge is 0.373 e. The fourth-order valence-electron chi connectivity index (χ4n) is 3.94. The number of hydrogen-bond acceptors (Lipinski definition) is 4. The maximum Gasteiger partial charge on any atom is 0.225 e. The molecule has 1 amide bonds. The van der Waals surface area contributed by atoms with Crippen LogP contribution < -0.4 is 0 Å². The molecule has 2 saturated heterocycles. The molecule has 132 valence electrons. The summed E-state index contributed by atoms with van der Waals surface area (Å²) >= 11 is 1.91. The molecule has 0 bridgehead atoms. The Morgan fingerprint density at radius 2 is 2.00 bits per heavy atom. The Labute approximate surface area is 148 Å². The molecule has 3 fully saturated rings. The van der Waals surface area contributed by atoms with Crippen LogP contribution in [0.25, 0.3) is 0 Å². The monoisotopic (exact) mass is 348 g/mol. The zero-order valence-electron chi connectivity index (χ0n) is 14.4. The fourth-order valence-corrected chi connectivity index (χ4v) is 5.08. The van der Waals surface area contributed by atoms with E-state index in [1.807, 2.05) is 11.3 Å². The van der Waals surface area contributed by atoms with E-state index in [4.69, 9.17) is 4.74 Å². The minimum atomic E-state index is 0.336. The van der Waals surface area contributed by atoms with Gasteiger partial charge in [-0.3, -0.25) is 9.69 Å². The van der Waals surface area contributed by atoms with Crippen molar-refractivity contribution in [3.05, 3.63) is 21.9 Å².